The highest BCUT2D eigenvalue weighted by Crippen LogP contribution is 2.22. The fraction of sp³-hybridized carbons (Fsp3) is 0.158. The Hall–Kier alpha value is -2.86. The molecule has 0 aliphatic carbocycles. The quantitative estimate of drug-likeness (QED) is 0.754. The van der Waals surface area contributed by atoms with Gasteiger partial charge in [0.05, 0.1) is 0 Å². The van der Waals surface area contributed by atoms with Crippen molar-refractivity contribution in [2.75, 3.05) is 5.32 Å². The number of aromatic nitrogens is 1. The summed E-state index contributed by atoms with van der Waals surface area (Å²) in [6.07, 6.45) is 0. The smallest absolute Gasteiger partial charge is 0.308 e. The molecule has 0 aliphatic heterocycles. The van der Waals surface area contributed by atoms with Gasteiger partial charge < -0.3 is 10.1 Å². The molecule has 3 aromatic rings. The van der Waals surface area contributed by atoms with Gasteiger partial charge in [-0.15, -0.1) is 0 Å². The molecule has 1 amide bonds. The molecule has 0 saturated heterocycles. The standard InChI is InChI=1S/C19H18N2O3S/c1-13-14(2)25-19(23)21(13)12-18(22)20-15-8-10-17(11-9-15)24-16-6-4-3-5-7-16/h3-11H,12H2,1-2H3,(H,20,22). The summed E-state index contributed by atoms with van der Waals surface area (Å²) in [5.74, 6) is 1.20. The fourth-order valence-electron chi connectivity index (χ4n) is 2.35. The van der Waals surface area contributed by atoms with E-state index in [9.17, 15) is 9.59 Å². The first-order valence-corrected chi connectivity index (χ1v) is 8.64. The van der Waals surface area contributed by atoms with Crippen LogP contribution < -0.4 is 14.9 Å². The lowest BCUT2D eigenvalue weighted by Crippen LogP contribution is -2.25. The number of anilines is 1. The van der Waals surface area contributed by atoms with E-state index >= 15 is 0 Å². The van der Waals surface area contributed by atoms with Crippen LogP contribution in [0.2, 0.25) is 0 Å². The number of amides is 1. The maximum atomic E-state index is 12.2. The average molecular weight is 354 g/mol. The molecule has 6 heteroatoms. The molecule has 0 saturated carbocycles. The first-order chi connectivity index (χ1) is 12.0. The number of rotatable bonds is 5. The van der Waals surface area contributed by atoms with E-state index in [4.69, 9.17) is 4.74 Å². The summed E-state index contributed by atoms with van der Waals surface area (Å²) in [5, 5.41) is 2.80. The second-order valence-electron chi connectivity index (χ2n) is 5.58. The van der Waals surface area contributed by atoms with E-state index in [2.05, 4.69) is 5.32 Å². The van der Waals surface area contributed by atoms with Crippen LogP contribution in [-0.4, -0.2) is 10.5 Å². The Kier molecular flexibility index (Phi) is 5.00. The molecule has 0 fully saturated rings. The van der Waals surface area contributed by atoms with Crippen LogP contribution in [0.3, 0.4) is 0 Å². The molecule has 0 spiro atoms. The molecule has 0 radical (unpaired) electrons. The Morgan fingerprint density at radius 3 is 2.28 bits per heavy atom. The van der Waals surface area contributed by atoms with Crippen LogP contribution in [0.25, 0.3) is 0 Å². The fourth-order valence-corrected chi connectivity index (χ4v) is 3.18. The number of nitrogens with zero attached hydrogens (tertiary/aromatic N) is 1. The minimum absolute atomic E-state index is 0.0112. The van der Waals surface area contributed by atoms with Crippen LogP contribution in [0.5, 0.6) is 11.5 Å². The molecule has 25 heavy (non-hydrogen) atoms. The third kappa shape index (κ3) is 4.16. The summed E-state index contributed by atoms with van der Waals surface area (Å²) in [7, 11) is 0. The Labute approximate surface area is 149 Å². The molecule has 2 aromatic carbocycles. The largest absolute Gasteiger partial charge is 0.457 e. The van der Waals surface area contributed by atoms with E-state index in [0.29, 0.717) is 11.4 Å². The number of carbonyl (C=O) groups is 1. The van der Waals surface area contributed by atoms with Gasteiger partial charge in [0.15, 0.2) is 0 Å². The van der Waals surface area contributed by atoms with Gasteiger partial charge in [0, 0.05) is 16.3 Å². The molecule has 1 aromatic heterocycles. The third-order valence-corrected chi connectivity index (χ3v) is 4.79. The maximum Gasteiger partial charge on any atom is 0.308 e. The van der Waals surface area contributed by atoms with Gasteiger partial charge in [0.2, 0.25) is 5.91 Å². The second kappa shape index (κ2) is 7.36. The summed E-state index contributed by atoms with van der Waals surface area (Å²) in [6.45, 7) is 3.73. The van der Waals surface area contributed by atoms with Crippen LogP contribution in [-0.2, 0) is 11.3 Å². The molecule has 0 unspecified atom stereocenters. The Bertz CT molecular complexity index is 928. The van der Waals surface area contributed by atoms with Crippen molar-refractivity contribution >= 4 is 22.9 Å². The van der Waals surface area contributed by atoms with E-state index in [1.54, 1.807) is 24.3 Å². The zero-order valence-corrected chi connectivity index (χ0v) is 14.8. The highest BCUT2D eigenvalue weighted by Gasteiger charge is 2.11. The molecule has 3 rings (SSSR count). The molecule has 1 N–H and O–H groups in total. The van der Waals surface area contributed by atoms with Gasteiger partial charge >= 0.3 is 4.87 Å². The van der Waals surface area contributed by atoms with Gasteiger partial charge in [0.1, 0.15) is 18.0 Å². The molecule has 0 atom stereocenters. The second-order valence-corrected chi connectivity index (χ2v) is 6.75. The number of hydrogen-bond acceptors (Lipinski definition) is 4. The molecule has 5 nitrogen and oxygen atoms in total. The normalized spacial score (nSPS) is 10.5. The van der Waals surface area contributed by atoms with E-state index in [1.807, 2.05) is 44.2 Å². The van der Waals surface area contributed by atoms with E-state index in [1.165, 1.54) is 4.57 Å². The Balaban J connectivity index is 1.63. The molecule has 0 aliphatic rings. The molecule has 128 valence electrons. The van der Waals surface area contributed by atoms with Crippen molar-refractivity contribution < 1.29 is 9.53 Å². The summed E-state index contributed by atoms with van der Waals surface area (Å²) in [5.41, 5.74) is 1.49. The summed E-state index contributed by atoms with van der Waals surface area (Å²) in [4.78, 5) is 24.8. The Morgan fingerprint density at radius 1 is 1.04 bits per heavy atom. The summed E-state index contributed by atoms with van der Waals surface area (Å²) >= 11 is 1.16. The number of benzene rings is 2. The van der Waals surface area contributed by atoms with Crippen molar-refractivity contribution in [3.63, 3.8) is 0 Å². The molecular weight excluding hydrogens is 336 g/mol. The van der Waals surface area contributed by atoms with Crippen LogP contribution in [0, 0.1) is 13.8 Å². The van der Waals surface area contributed by atoms with E-state index in [-0.39, 0.29) is 17.3 Å². The van der Waals surface area contributed by atoms with Gasteiger partial charge in [-0.2, -0.15) is 0 Å². The Morgan fingerprint density at radius 2 is 1.68 bits per heavy atom. The highest BCUT2D eigenvalue weighted by molar-refractivity contribution is 7.09. The van der Waals surface area contributed by atoms with Crippen molar-refractivity contribution in [2.24, 2.45) is 0 Å². The minimum Gasteiger partial charge on any atom is -0.457 e. The maximum absolute atomic E-state index is 12.2. The minimum atomic E-state index is -0.236. The van der Waals surface area contributed by atoms with Gasteiger partial charge in [-0.05, 0) is 50.2 Å². The van der Waals surface area contributed by atoms with Gasteiger partial charge in [-0.3, -0.25) is 14.2 Å². The van der Waals surface area contributed by atoms with Crippen LogP contribution in [0.15, 0.2) is 59.4 Å². The topological polar surface area (TPSA) is 60.3 Å². The van der Waals surface area contributed by atoms with Gasteiger partial charge in [-0.25, -0.2) is 0 Å². The van der Waals surface area contributed by atoms with Crippen LogP contribution in [0.4, 0.5) is 5.69 Å². The van der Waals surface area contributed by atoms with Crippen molar-refractivity contribution in [3.05, 3.63) is 74.8 Å². The number of carbonyl (C=O) groups excluding carboxylic acids is 1. The predicted octanol–water partition coefficient (Wildman–Crippen LogP) is 3.96. The summed E-state index contributed by atoms with van der Waals surface area (Å²) in [6, 6.07) is 16.6. The number of ether oxygens (including phenoxy) is 1. The van der Waals surface area contributed by atoms with Crippen molar-refractivity contribution in [1.29, 1.82) is 0 Å². The lowest BCUT2D eigenvalue weighted by atomic mass is 10.3. The van der Waals surface area contributed by atoms with Crippen molar-refractivity contribution in [3.8, 4) is 11.5 Å². The number of para-hydroxylation sites is 1. The summed E-state index contributed by atoms with van der Waals surface area (Å²) < 4.78 is 7.20. The van der Waals surface area contributed by atoms with Crippen LogP contribution >= 0.6 is 11.3 Å². The SMILES string of the molecule is Cc1sc(=O)n(CC(=O)Nc2ccc(Oc3ccccc3)cc2)c1C. The number of thiazole rings is 1. The monoisotopic (exact) mass is 354 g/mol. The zero-order chi connectivity index (χ0) is 17.8. The van der Waals surface area contributed by atoms with Gasteiger partial charge in [-0.1, -0.05) is 29.5 Å². The van der Waals surface area contributed by atoms with E-state index < -0.39 is 0 Å². The number of hydrogen-bond donors (Lipinski definition) is 1. The molecule has 0 bridgehead atoms. The van der Waals surface area contributed by atoms with Crippen molar-refractivity contribution in [1.82, 2.24) is 4.57 Å². The third-order valence-electron chi connectivity index (χ3n) is 3.79. The number of aryl methyl sites for hydroxylation is 1. The zero-order valence-electron chi connectivity index (χ0n) is 14.0. The predicted molar refractivity (Wildman–Crippen MR) is 99.6 cm³/mol. The van der Waals surface area contributed by atoms with Gasteiger partial charge in [0.25, 0.3) is 0 Å². The molecular formula is C19H18N2O3S. The molecule has 1 heterocycles. The highest BCUT2D eigenvalue weighted by atomic mass is 32.1. The average Bonchev–Trinajstić information content (AvgIpc) is 2.84. The lowest BCUT2D eigenvalue weighted by molar-refractivity contribution is -0.116. The number of nitrogens with one attached hydrogen (secondary N) is 1. The lowest BCUT2D eigenvalue weighted by Gasteiger charge is -2.09. The van der Waals surface area contributed by atoms with Crippen molar-refractivity contribution in [2.45, 2.75) is 20.4 Å². The van der Waals surface area contributed by atoms with Crippen LogP contribution in [0.1, 0.15) is 10.6 Å². The first kappa shape index (κ1) is 17.0. The van der Waals surface area contributed by atoms with E-state index in [0.717, 1.165) is 27.7 Å². The first-order valence-electron chi connectivity index (χ1n) is 7.82.